The quantitative estimate of drug-likeness (QED) is 0.318. The van der Waals surface area contributed by atoms with E-state index in [-0.39, 0.29) is 0 Å². The van der Waals surface area contributed by atoms with Crippen molar-refractivity contribution < 1.29 is 0 Å². The summed E-state index contributed by atoms with van der Waals surface area (Å²) >= 11 is 5.45. The summed E-state index contributed by atoms with van der Waals surface area (Å²) in [7, 11) is 0. The van der Waals surface area contributed by atoms with Crippen molar-refractivity contribution in [3.05, 3.63) is 82.3 Å². The minimum absolute atomic E-state index is 0.394. The Hall–Kier alpha value is -2.42. The number of benzene rings is 1. The van der Waals surface area contributed by atoms with Gasteiger partial charge in [0.05, 0.1) is 16.4 Å². The molecule has 1 N–H and O–H groups in total. The molecule has 1 aromatic carbocycles. The Balaban J connectivity index is 1.38. The number of anilines is 1. The zero-order valence-corrected chi connectivity index (χ0v) is 21.0. The van der Waals surface area contributed by atoms with Gasteiger partial charge in [0.15, 0.2) is 5.65 Å². The van der Waals surface area contributed by atoms with Gasteiger partial charge in [-0.25, -0.2) is 4.98 Å². The number of piperidine rings is 1. The second kappa shape index (κ2) is 10.2. The minimum atomic E-state index is 0.394. The predicted octanol–water partition coefficient (Wildman–Crippen LogP) is 5.60. The molecule has 3 aromatic heterocycles. The van der Waals surface area contributed by atoms with Crippen molar-refractivity contribution >= 4 is 39.2 Å². The minimum Gasteiger partial charge on any atom is -0.366 e. The zero-order chi connectivity index (χ0) is 22.6. The van der Waals surface area contributed by atoms with E-state index in [0.717, 1.165) is 53.3 Å². The Morgan fingerprint density at radius 3 is 2.94 bits per heavy atom. The lowest BCUT2D eigenvalue weighted by Crippen LogP contribution is -2.34. The molecule has 0 radical (unpaired) electrons. The van der Waals surface area contributed by atoms with Gasteiger partial charge >= 0.3 is 0 Å². The number of aromatic nitrogens is 4. The van der Waals surface area contributed by atoms with Gasteiger partial charge in [0.1, 0.15) is 5.82 Å². The third-order valence-corrected chi connectivity index (χ3v) is 7.55. The molecule has 8 heteroatoms. The number of pyridine rings is 1. The van der Waals surface area contributed by atoms with Crippen LogP contribution in [0.3, 0.4) is 0 Å². The van der Waals surface area contributed by atoms with Gasteiger partial charge in [0, 0.05) is 48.9 Å². The van der Waals surface area contributed by atoms with Crippen LogP contribution in [-0.4, -0.2) is 43.8 Å². The molecule has 6 nitrogen and oxygen atoms in total. The molecule has 1 aliphatic heterocycles. The summed E-state index contributed by atoms with van der Waals surface area (Å²) in [6, 6.07) is 14.9. The van der Waals surface area contributed by atoms with Crippen LogP contribution in [0.15, 0.2) is 70.4 Å². The van der Waals surface area contributed by atoms with Gasteiger partial charge in [-0.05, 0) is 64.8 Å². The zero-order valence-electron chi connectivity index (χ0n) is 18.6. The number of hydrogen-bond acceptors (Lipinski definition) is 6. The number of fused-ring (bicyclic) bond motifs is 1. The van der Waals surface area contributed by atoms with Crippen molar-refractivity contribution in [3.8, 4) is 0 Å². The third kappa shape index (κ3) is 5.08. The number of halogens is 1. The molecule has 1 aliphatic rings. The molecule has 0 aliphatic carbocycles. The first-order chi connectivity index (χ1) is 16.2. The van der Waals surface area contributed by atoms with Crippen LogP contribution >= 0.6 is 27.7 Å². The van der Waals surface area contributed by atoms with Crippen molar-refractivity contribution in [2.24, 2.45) is 0 Å². The van der Waals surface area contributed by atoms with E-state index in [4.69, 9.17) is 4.98 Å². The van der Waals surface area contributed by atoms with Gasteiger partial charge in [-0.1, -0.05) is 24.3 Å². The molecule has 1 saturated heterocycles. The monoisotopic (exact) mass is 522 g/mol. The number of thioether (sulfide) groups is 1. The van der Waals surface area contributed by atoms with Crippen LogP contribution in [0.5, 0.6) is 0 Å². The molecule has 33 heavy (non-hydrogen) atoms. The standard InChI is InChI=1S/C25H27BrN6S/c1-33-23-9-3-2-7-20(23)17-31-11-5-8-19(16-31)22-12-24(28-14-18-6-4-10-27-13-18)32-25(30-22)21(26)15-29-32/h2-4,6-7,9-10,12-13,15,19,28H,5,8,11,14,16-17H2,1H3. The van der Waals surface area contributed by atoms with Gasteiger partial charge in [-0.2, -0.15) is 9.61 Å². The van der Waals surface area contributed by atoms with E-state index in [1.165, 1.54) is 16.9 Å². The van der Waals surface area contributed by atoms with Crippen LogP contribution in [0, 0.1) is 0 Å². The molecule has 0 bridgehead atoms. The Labute approximate surface area is 207 Å². The van der Waals surface area contributed by atoms with E-state index in [0.29, 0.717) is 12.5 Å². The maximum absolute atomic E-state index is 5.02. The summed E-state index contributed by atoms with van der Waals surface area (Å²) in [5.41, 5.74) is 4.52. The van der Waals surface area contributed by atoms with Crippen molar-refractivity contribution in [2.45, 2.75) is 36.7 Å². The lowest BCUT2D eigenvalue weighted by Gasteiger charge is -2.33. The molecule has 1 atom stereocenters. The Morgan fingerprint density at radius 1 is 1.18 bits per heavy atom. The molecule has 1 fully saturated rings. The summed E-state index contributed by atoms with van der Waals surface area (Å²) in [6.07, 6.45) is 9.98. The predicted molar refractivity (Wildman–Crippen MR) is 138 cm³/mol. The highest BCUT2D eigenvalue weighted by Crippen LogP contribution is 2.31. The van der Waals surface area contributed by atoms with E-state index >= 15 is 0 Å². The maximum atomic E-state index is 5.02. The molecular formula is C25H27BrN6S. The summed E-state index contributed by atoms with van der Waals surface area (Å²) in [5, 5.41) is 8.07. The van der Waals surface area contributed by atoms with Crippen molar-refractivity contribution in [1.29, 1.82) is 0 Å². The highest BCUT2D eigenvalue weighted by Gasteiger charge is 2.24. The first kappa shape index (κ1) is 22.4. The molecular weight excluding hydrogens is 496 g/mol. The van der Waals surface area contributed by atoms with Crippen LogP contribution < -0.4 is 5.32 Å². The highest BCUT2D eigenvalue weighted by molar-refractivity contribution is 9.10. The highest BCUT2D eigenvalue weighted by atomic mass is 79.9. The van der Waals surface area contributed by atoms with Crippen molar-refractivity contribution in [2.75, 3.05) is 24.7 Å². The summed E-state index contributed by atoms with van der Waals surface area (Å²) in [5.74, 6) is 1.35. The number of hydrogen-bond donors (Lipinski definition) is 1. The van der Waals surface area contributed by atoms with Gasteiger partial charge < -0.3 is 5.32 Å². The molecule has 0 spiro atoms. The molecule has 170 valence electrons. The van der Waals surface area contributed by atoms with Crippen LogP contribution in [0.1, 0.15) is 35.6 Å². The second-order valence-corrected chi connectivity index (χ2v) is 10.1. The van der Waals surface area contributed by atoms with Gasteiger partial charge in [-0.3, -0.25) is 9.88 Å². The van der Waals surface area contributed by atoms with Crippen molar-refractivity contribution in [3.63, 3.8) is 0 Å². The average molecular weight is 524 g/mol. The van der Waals surface area contributed by atoms with Crippen LogP contribution in [0.2, 0.25) is 0 Å². The van der Waals surface area contributed by atoms with E-state index in [1.807, 2.05) is 34.7 Å². The number of likely N-dealkylation sites (tertiary alicyclic amines) is 1. The van der Waals surface area contributed by atoms with Crippen LogP contribution in [-0.2, 0) is 13.1 Å². The summed E-state index contributed by atoms with van der Waals surface area (Å²) in [4.78, 5) is 13.2. The summed E-state index contributed by atoms with van der Waals surface area (Å²) < 4.78 is 2.79. The van der Waals surface area contributed by atoms with Crippen LogP contribution in [0.25, 0.3) is 5.65 Å². The van der Waals surface area contributed by atoms with E-state index in [2.05, 4.69) is 78.9 Å². The second-order valence-electron chi connectivity index (χ2n) is 8.40. The van der Waals surface area contributed by atoms with E-state index in [9.17, 15) is 0 Å². The SMILES string of the molecule is CSc1ccccc1CN1CCCC(c2cc(NCc3cccnc3)n3ncc(Br)c3n2)C1. The number of rotatable bonds is 7. The smallest absolute Gasteiger partial charge is 0.171 e. The number of nitrogens with zero attached hydrogens (tertiary/aromatic N) is 5. The largest absolute Gasteiger partial charge is 0.366 e. The first-order valence-corrected chi connectivity index (χ1v) is 13.2. The van der Waals surface area contributed by atoms with Gasteiger partial charge in [-0.15, -0.1) is 11.8 Å². The normalized spacial score (nSPS) is 16.8. The number of nitrogens with one attached hydrogen (secondary N) is 1. The van der Waals surface area contributed by atoms with Crippen molar-refractivity contribution in [1.82, 2.24) is 24.5 Å². The molecule has 0 saturated carbocycles. The lowest BCUT2D eigenvalue weighted by molar-refractivity contribution is 0.197. The molecule has 4 aromatic rings. The van der Waals surface area contributed by atoms with Gasteiger partial charge in [0.2, 0.25) is 0 Å². The molecule has 5 rings (SSSR count). The molecule has 1 unspecified atom stereocenters. The fourth-order valence-corrected chi connectivity index (χ4v) is 5.46. The molecule has 4 heterocycles. The topological polar surface area (TPSA) is 58.4 Å². The Kier molecular flexibility index (Phi) is 6.94. The summed E-state index contributed by atoms with van der Waals surface area (Å²) in [6.45, 7) is 3.81. The fraction of sp³-hybridized carbons (Fsp3) is 0.320. The fourth-order valence-electron chi connectivity index (χ4n) is 4.50. The van der Waals surface area contributed by atoms with Crippen LogP contribution in [0.4, 0.5) is 5.82 Å². The first-order valence-electron chi connectivity index (χ1n) is 11.2. The maximum Gasteiger partial charge on any atom is 0.171 e. The van der Waals surface area contributed by atoms with E-state index < -0.39 is 0 Å². The third-order valence-electron chi connectivity index (χ3n) is 6.16. The lowest BCUT2D eigenvalue weighted by atomic mass is 9.94. The Morgan fingerprint density at radius 2 is 2.09 bits per heavy atom. The van der Waals surface area contributed by atoms with E-state index in [1.54, 1.807) is 6.20 Å². The Bertz CT molecular complexity index is 1230. The van der Waals surface area contributed by atoms with Gasteiger partial charge in [0.25, 0.3) is 0 Å². The molecule has 0 amide bonds. The average Bonchev–Trinajstić information content (AvgIpc) is 3.24.